The van der Waals surface area contributed by atoms with Crippen molar-refractivity contribution >= 4 is 28.3 Å². The van der Waals surface area contributed by atoms with Crippen LogP contribution in [0.25, 0.3) is 11.0 Å². The highest BCUT2D eigenvalue weighted by atomic mass is 16.6. The average Bonchev–Trinajstić information content (AvgIpc) is 2.98. The van der Waals surface area contributed by atoms with Gasteiger partial charge in [-0.3, -0.25) is 14.9 Å². The number of hydrogen-bond donors (Lipinski definition) is 1. The molecule has 0 atom stereocenters. The number of amides is 1. The molecule has 1 N–H and O–H groups in total. The Balaban J connectivity index is 1.99. The first kappa shape index (κ1) is 12.7. The third-order valence-electron chi connectivity index (χ3n) is 2.88. The Kier molecular flexibility index (Phi) is 3.03. The van der Waals surface area contributed by atoms with Crippen molar-refractivity contribution in [1.29, 1.82) is 0 Å². The third-order valence-corrected chi connectivity index (χ3v) is 2.88. The summed E-state index contributed by atoms with van der Waals surface area (Å²) >= 11 is 0. The number of anilines is 1. The maximum absolute atomic E-state index is 12.1. The van der Waals surface area contributed by atoms with Crippen LogP contribution in [0.4, 0.5) is 11.4 Å². The van der Waals surface area contributed by atoms with Crippen molar-refractivity contribution in [1.82, 2.24) is 10.3 Å². The molecule has 0 aliphatic heterocycles. The number of aromatic nitrogens is 2. The minimum Gasteiger partial charge on any atom is -0.320 e. The second kappa shape index (κ2) is 5.00. The van der Waals surface area contributed by atoms with Gasteiger partial charge in [0.2, 0.25) is 5.52 Å². The average molecular weight is 284 g/mol. The van der Waals surface area contributed by atoms with E-state index in [2.05, 4.69) is 20.3 Å². The van der Waals surface area contributed by atoms with Crippen LogP contribution in [0.2, 0.25) is 0 Å². The Bertz CT molecular complexity index is 829. The van der Waals surface area contributed by atoms with E-state index in [4.69, 9.17) is 0 Å². The van der Waals surface area contributed by atoms with E-state index in [-0.39, 0.29) is 22.6 Å². The highest BCUT2D eigenvalue weighted by Crippen LogP contribution is 2.28. The molecule has 0 aliphatic rings. The van der Waals surface area contributed by atoms with E-state index < -0.39 is 4.92 Å². The van der Waals surface area contributed by atoms with Gasteiger partial charge in [-0.2, -0.15) is 0 Å². The summed E-state index contributed by atoms with van der Waals surface area (Å²) in [5.74, 6) is -0.353. The van der Waals surface area contributed by atoms with Crippen molar-refractivity contribution in [3.8, 4) is 0 Å². The van der Waals surface area contributed by atoms with E-state index in [9.17, 15) is 14.9 Å². The molecule has 1 heterocycles. The van der Waals surface area contributed by atoms with Gasteiger partial charge in [0.15, 0.2) is 5.52 Å². The van der Waals surface area contributed by atoms with Crippen LogP contribution in [0.5, 0.6) is 0 Å². The van der Waals surface area contributed by atoms with Crippen LogP contribution in [0.1, 0.15) is 10.4 Å². The lowest BCUT2D eigenvalue weighted by Crippen LogP contribution is -2.12. The van der Waals surface area contributed by atoms with E-state index in [1.54, 1.807) is 30.3 Å². The van der Waals surface area contributed by atoms with Crippen LogP contribution in [0.3, 0.4) is 0 Å². The first-order chi connectivity index (χ1) is 10.2. The molecule has 3 rings (SSSR count). The molecule has 1 aromatic heterocycles. The standard InChI is InChI=1S/C13H8N4O4/c18-13(8-4-2-1-3-5-8)14-9-6-7-10(17(19)20)12-11(9)15-21-16-12/h1-7H,(H,14,18). The predicted molar refractivity (Wildman–Crippen MR) is 72.9 cm³/mol. The summed E-state index contributed by atoms with van der Waals surface area (Å²) in [6, 6.07) is 11.2. The summed E-state index contributed by atoms with van der Waals surface area (Å²) in [6.07, 6.45) is 0. The van der Waals surface area contributed by atoms with Crippen molar-refractivity contribution in [2.45, 2.75) is 0 Å². The second-order valence-electron chi connectivity index (χ2n) is 4.17. The molecular weight excluding hydrogens is 276 g/mol. The molecule has 0 aliphatic carbocycles. The molecule has 0 saturated carbocycles. The van der Waals surface area contributed by atoms with Crippen LogP contribution in [0.15, 0.2) is 47.1 Å². The number of benzene rings is 2. The van der Waals surface area contributed by atoms with Crippen LogP contribution in [0, 0.1) is 10.1 Å². The van der Waals surface area contributed by atoms with Crippen LogP contribution in [-0.2, 0) is 0 Å². The van der Waals surface area contributed by atoms with Gasteiger partial charge in [-0.15, -0.1) is 0 Å². The SMILES string of the molecule is O=C(Nc1ccc([N+](=O)[O-])c2nonc12)c1ccccc1. The zero-order valence-corrected chi connectivity index (χ0v) is 10.5. The lowest BCUT2D eigenvalue weighted by molar-refractivity contribution is -0.383. The Morgan fingerprint density at radius 1 is 1.10 bits per heavy atom. The van der Waals surface area contributed by atoms with Gasteiger partial charge in [0.25, 0.3) is 5.91 Å². The fourth-order valence-electron chi connectivity index (χ4n) is 1.89. The molecule has 8 heteroatoms. The molecule has 0 spiro atoms. The predicted octanol–water partition coefficient (Wildman–Crippen LogP) is 2.38. The zero-order valence-electron chi connectivity index (χ0n) is 10.5. The lowest BCUT2D eigenvalue weighted by Gasteiger charge is -2.05. The number of non-ortho nitro benzene ring substituents is 1. The number of fused-ring (bicyclic) bond motifs is 1. The normalized spacial score (nSPS) is 10.5. The highest BCUT2D eigenvalue weighted by molar-refractivity contribution is 6.08. The molecular formula is C13H8N4O4. The van der Waals surface area contributed by atoms with Gasteiger partial charge in [0, 0.05) is 11.6 Å². The minimum atomic E-state index is -0.588. The molecule has 3 aromatic rings. The molecule has 2 aromatic carbocycles. The Morgan fingerprint density at radius 3 is 2.52 bits per heavy atom. The Hall–Kier alpha value is -3.29. The summed E-state index contributed by atoms with van der Waals surface area (Å²) in [4.78, 5) is 22.4. The van der Waals surface area contributed by atoms with E-state index >= 15 is 0 Å². The number of nitrogens with zero attached hydrogens (tertiary/aromatic N) is 3. The molecule has 8 nitrogen and oxygen atoms in total. The van der Waals surface area contributed by atoms with Gasteiger partial charge in [0.05, 0.1) is 10.6 Å². The van der Waals surface area contributed by atoms with E-state index in [0.29, 0.717) is 11.3 Å². The Morgan fingerprint density at radius 2 is 1.81 bits per heavy atom. The summed E-state index contributed by atoms with van der Waals surface area (Å²) in [5, 5.41) is 20.6. The number of carbonyl (C=O) groups is 1. The van der Waals surface area contributed by atoms with Crippen molar-refractivity contribution in [3.63, 3.8) is 0 Å². The topological polar surface area (TPSA) is 111 Å². The van der Waals surface area contributed by atoms with Crippen LogP contribution < -0.4 is 5.32 Å². The number of carbonyl (C=O) groups excluding carboxylic acids is 1. The number of rotatable bonds is 3. The van der Waals surface area contributed by atoms with Gasteiger partial charge >= 0.3 is 5.69 Å². The van der Waals surface area contributed by atoms with E-state index in [0.717, 1.165) is 0 Å². The summed E-state index contributed by atoms with van der Waals surface area (Å²) < 4.78 is 4.53. The van der Waals surface area contributed by atoms with E-state index in [1.165, 1.54) is 12.1 Å². The van der Waals surface area contributed by atoms with Gasteiger partial charge in [0.1, 0.15) is 0 Å². The van der Waals surface area contributed by atoms with Crippen molar-refractivity contribution in [2.75, 3.05) is 5.32 Å². The first-order valence-corrected chi connectivity index (χ1v) is 5.93. The quantitative estimate of drug-likeness (QED) is 0.583. The van der Waals surface area contributed by atoms with Crippen molar-refractivity contribution in [2.24, 2.45) is 0 Å². The fraction of sp³-hybridized carbons (Fsp3) is 0. The van der Waals surface area contributed by atoms with Gasteiger partial charge < -0.3 is 5.32 Å². The number of nitro benzene ring substituents is 1. The maximum Gasteiger partial charge on any atom is 0.300 e. The Labute approximate surface area is 117 Å². The maximum atomic E-state index is 12.1. The molecule has 0 fully saturated rings. The number of nitro groups is 1. The summed E-state index contributed by atoms with van der Waals surface area (Å²) in [5.41, 5.74) is 0.648. The van der Waals surface area contributed by atoms with Gasteiger partial charge in [-0.1, -0.05) is 18.2 Å². The number of hydrogen-bond acceptors (Lipinski definition) is 6. The molecule has 21 heavy (non-hydrogen) atoms. The molecule has 0 saturated heterocycles. The summed E-state index contributed by atoms with van der Waals surface area (Å²) in [7, 11) is 0. The lowest BCUT2D eigenvalue weighted by atomic mass is 10.2. The molecule has 0 unspecified atom stereocenters. The molecule has 104 valence electrons. The van der Waals surface area contributed by atoms with Crippen LogP contribution >= 0.6 is 0 Å². The summed E-state index contributed by atoms with van der Waals surface area (Å²) in [6.45, 7) is 0. The molecule has 0 radical (unpaired) electrons. The van der Waals surface area contributed by atoms with Crippen molar-refractivity contribution in [3.05, 3.63) is 58.1 Å². The monoisotopic (exact) mass is 284 g/mol. The van der Waals surface area contributed by atoms with Gasteiger partial charge in [-0.05, 0) is 28.5 Å². The van der Waals surface area contributed by atoms with E-state index in [1.807, 2.05) is 0 Å². The van der Waals surface area contributed by atoms with Crippen molar-refractivity contribution < 1.29 is 14.3 Å². The number of nitrogens with one attached hydrogen (secondary N) is 1. The largest absolute Gasteiger partial charge is 0.320 e. The first-order valence-electron chi connectivity index (χ1n) is 5.93. The molecule has 0 bridgehead atoms. The molecule has 1 amide bonds. The van der Waals surface area contributed by atoms with Crippen LogP contribution in [-0.4, -0.2) is 21.1 Å². The second-order valence-corrected chi connectivity index (χ2v) is 4.17. The van der Waals surface area contributed by atoms with Gasteiger partial charge in [-0.25, -0.2) is 4.63 Å². The smallest absolute Gasteiger partial charge is 0.300 e. The zero-order chi connectivity index (χ0) is 14.8. The highest BCUT2D eigenvalue weighted by Gasteiger charge is 2.20. The third kappa shape index (κ3) is 2.29. The minimum absolute atomic E-state index is 0.00846. The fourth-order valence-corrected chi connectivity index (χ4v) is 1.89.